The van der Waals surface area contributed by atoms with Crippen molar-refractivity contribution >= 4 is 11.7 Å². The van der Waals surface area contributed by atoms with E-state index in [1.165, 1.54) is 5.69 Å². The first-order chi connectivity index (χ1) is 14.6. The van der Waals surface area contributed by atoms with E-state index in [2.05, 4.69) is 21.9 Å². The molecule has 2 amide bonds. The number of hydrogen-bond donors (Lipinski definition) is 1. The molecule has 2 aromatic carbocycles. The van der Waals surface area contributed by atoms with Gasteiger partial charge in [0.15, 0.2) is 0 Å². The van der Waals surface area contributed by atoms with Crippen LogP contribution in [0.2, 0.25) is 0 Å². The molecule has 2 aliphatic heterocycles. The summed E-state index contributed by atoms with van der Waals surface area (Å²) in [5.74, 6) is 0.814. The lowest BCUT2D eigenvalue weighted by atomic mass is 9.99. The molecule has 0 saturated carbocycles. The highest BCUT2D eigenvalue weighted by Crippen LogP contribution is 2.38. The molecule has 0 radical (unpaired) electrons. The predicted molar refractivity (Wildman–Crippen MR) is 118 cm³/mol. The second kappa shape index (κ2) is 8.96. The number of benzene rings is 2. The monoisotopic (exact) mass is 409 g/mol. The Hall–Kier alpha value is -2.73. The van der Waals surface area contributed by atoms with E-state index in [0.717, 1.165) is 30.7 Å². The Morgan fingerprint density at radius 1 is 1.13 bits per heavy atom. The molecule has 2 aliphatic rings. The lowest BCUT2D eigenvalue weighted by Crippen LogP contribution is -2.63. The molecular formula is C24H31N3O3. The number of fused-ring (bicyclic) bond motifs is 2. The summed E-state index contributed by atoms with van der Waals surface area (Å²) in [7, 11) is 3.52. The van der Waals surface area contributed by atoms with Gasteiger partial charge in [0.25, 0.3) is 0 Å². The number of aliphatic hydroxyl groups excluding tert-OH is 1. The van der Waals surface area contributed by atoms with Gasteiger partial charge in [0, 0.05) is 32.4 Å². The zero-order chi connectivity index (χ0) is 21.1. The number of amides is 2. The van der Waals surface area contributed by atoms with Gasteiger partial charge in [-0.25, -0.2) is 4.79 Å². The summed E-state index contributed by atoms with van der Waals surface area (Å²) in [6, 6.07) is 18.8. The normalized spacial score (nSPS) is 22.8. The minimum absolute atomic E-state index is 0.0777. The molecule has 2 fully saturated rings. The molecule has 2 aromatic rings. The van der Waals surface area contributed by atoms with Gasteiger partial charge in [-0.05, 0) is 49.1 Å². The van der Waals surface area contributed by atoms with E-state index in [0.29, 0.717) is 13.0 Å². The van der Waals surface area contributed by atoms with Crippen LogP contribution in [0.1, 0.15) is 24.8 Å². The molecule has 3 atom stereocenters. The number of rotatable bonds is 6. The van der Waals surface area contributed by atoms with E-state index >= 15 is 0 Å². The van der Waals surface area contributed by atoms with Crippen LogP contribution in [-0.4, -0.2) is 66.4 Å². The number of para-hydroxylation sites is 1. The fourth-order valence-electron chi connectivity index (χ4n) is 5.00. The third-order valence-corrected chi connectivity index (χ3v) is 6.44. The maximum atomic E-state index is 13.4. The Labute approximate surface area is 178 Å². The summed E-state index contributed by atoms with van der Waals surface area (Å²) in [4.78, 5) is 19.7. The Balaban J connectivity index is 1.50. The van der Waals surface area contributed by atoms with E-state index < -0.39 is 0 Å². The number of nitrogens with zero attached hydrogens (tertiary/aromatic N) is 3. The highest BCUT2D eigenvalue weighted by atomic mass is 16.5. The van der Waals surface area contributed by atoms with Crippen LogP contribution >= 0.6 is 0 Å². The molecule has 0 spiro atoms. The van der Waals surface area contributed by atoms with Gasteiger partial charge in [-0.15, -0.1) is 0 Å². The van der Waals surface area contributed by atoms with Crippen LogP contribution < -0.4 is 9.64 Å². The molecule has 4 rings (SSSR count). The van der Waals surface area contributed by atoms with Crippen molar-refractivity contribution in [2.45, 2.75) is 43.9 Å². The van der Waals surface area contributed by atoms with Crippen molar-refractivity contribution in [3.8, 4) is 5.75 Å². The average molecular weight is 410 g/mol. The van der Waals surface area contributed by atoms with Gasteiger partial charge >= 0.3 is 6.03 Å². The Morgan fingerprint density at radius 3 is 2.53 bits per heavy atom. The number of hydrogen-bond acceptors (Lipinski definition) is 4. The lowest BCUT2D eigenvalue weighted by molar-refractivity contribution is 0.108. The number of carbonyl (C=O) groups is 1. The highest BCUT2D eigenvalue weighted by Gasteiger charge is 2.48. The van der Waals surface area contributed by atoms with E-state index in [9.17, 15) is 9.90 Å². The van der Waals surface area contributed by atoms with Crippen LogP contribution in [0.15, 0.2) is 54.6 Å². The standard InChI is InChI=1S/C24H31N3O3/c1-25(16-18-8-11-21(30-2)12-9-18)24(29)27-20-10-13-23(27)22(14-15-28)26(17-20)19-6-4-3-5-7-19/h3-9,11-12,20,22-23,28H,10,13-17H2,1-2H3/t20?,22-,23?/m1/s1. The van der Waals surface area contributed by atoms with Crippen LogP contribution in [0.4, 0.5) is 10.5 Å². The molecule has 6 heteroatoms. The van der Waals surface area contributed by atoms with Gasteiger partial charge in [-0.3, -0.25) is 0 Å². The van der Waals surface area contributed by atoms with E-state index in [1.807, 2.05) is 49.5 Å². The van der Waals surface area contributed by atoms with Gasteiger partial charge in [0.1, 0.15) is 5.75 Å². The maximum absolute atomic E-state index is 13.4. The topological polar surface area (TPSA) is 56.3 Å². The van der Waals surface area contributed by atoms with Crippen LogP contribution in [0.5, 0.6) is 5.75 Å². The molecule has 160 valence electrons. The first-order valence-electron chi connectivity index (χ1n) is 10.7. The number of ether oxygens (including phenoxy) is 1. The first-order valence-corrected chi connectivity index (χ1v) is 10.7. The Kier molecular flexibility index (Phi) is 6.13. The number of methoxy groups -OCH3 is 1. The van der Waals surface area contributed by atoms with E-state index in [-0.39, 0.29) is 30.8 Å². The average Bonchev–Trinajstić information content (AvgIpc) is 3.11. The second-order valence-electron chi connectivity index (χ2n) is 8.26. The largest absolute Gasteiger partial charge is 0.497 e. The SMILES string of the molecule is COc1ccc(CN(C)C(=O)N2C3CCC2[C@@H](CCO)N(c2ccccc2)C3)cc1. The lowest BCUT2D eigenvalue weighted by Gasteiger charge is -2.49. The molecule has 2 unspecified atom stereocenters. The minimum Gasteiger partial charge on any atom is -0.497 e. The van der Waals surface area contributed by atoms with Crippen molar-refractivity contribution < 1.29 is 14.6 Å². The molecule has 2 heterocycles. The molecule has 0 aliphatic carbocycles. The van der Waals surface area contributed by atoms with Gasteiger partial charge < -0.3 is 24.5 Å². The fraction of sp³-hybridized carbons (Fsp3) is 0.458. The Morgan fingerprint density at radius 2 is 1.87 bits per heavy atom. The van der Waals surface area contributed by atoms with Crippen LogP contribution in [0, 0.1) is 0 Å². The van der Waals surface area contributed by atoms with Crippen molar-refractivity contribution in [1.82, 2.24) is 9.80 Å². The van der Waals surface area contributed by atoms with Crippen LogP contribution in [0.3, 0.4) is 0 Å². The summed E-state index contributed by atoms with van der Waals surface area (Å²) in [6.45, 7) is 1.50. The third-order valence-electron chi connectivity index (χ3n) is 6.44. The second-order valence-corrected chi connectivity index (χ2v) is 8.26. The maximum Gasteiger partial charge on any atom is 0.320 e. The van der Waals surface area contributed by atoms with Crippen molar-refractivity contribution in [3.05, 3.63) is 60.2 Å². The van der Waals surface area contributed by atoms with Gasteiger partial charge in [-0.1, -0.05) is 30.3 Å². The van der Waals surface area contributed by atoms with E-state index in [1.54, 1.807) is 12.0 Å². The van der Waals surface area contributed by atoms with Crippen molar-refractivity contribution in [2.75, 3.05) is 32.2 Å². The van der Waals surface area contributed by atoms with Crippen LogP contribution in [-0.2, 0) is 6.54 Å². The summed E-state index contributed by atoms with van der Waals surface area (Å²) >= 11 is 0. The van der Waals surface area contributed by atoms with Crippen molar-refractivity contribution in [2.24, 2.45) is 0 Å². The first kappa shape index (κ1) is 20.5. The van der Waals surface area contributed by atoms with Gasteiger partial charge in [0.2, 0.25) is 0 Å². The molecule has 2 saturated heterocycles. The van der Waals surface area contributed by atoms with Gasteiger partial charge in [-0.2, -0.15) is 0 Å². The third kappa shape index (κ3) is 3.97. The summed E-state index contributed by atoms with van der Waals surface area (Å²) < 4.78 is 5.22. The van der Waals surface area contributed by atoms with Crippen molar-refractivity contribution in [3.63, 3.8) is 0 Å². The number of urea groups is 1. The highest BCUT2D eigenvalue weighted by molar-refractivity contribution is 5.76. The quantitative estimate of drug-likeness (QED) is 0.795. The predicted octanol–water partition coefficient (Wildman–Crippen LogP) is 3.35. The number of carbonyl (C=O) groups excluding carboxylic acids is 1. The Bertz CT molecular complexity index is 843. The zero-order valence-electron chi connectivity index (χ0n) is 17.8. The van der Waals surface area contributed by atoms with Crippen molar-refractivity contribution in [1.29, 1.82) is 0 Å². The number of piperazine rings is 1. The molecule has 6 nitrogen and oxygen atoms in total. The molecule has 1 N–H and O–H groups in total. The van der Waals surface area contributed by atoms with Gasteiger partial charge in [0.05, 0.1) is 25.2 Å². The molecule has 2 bridgehead atoms. The van der Waals surface area contributed by atoms with Crippen LogP contribution in [0.25, 0.3) is 0 Å². The summed E-state index contributed by atoms with van der Waals surface area (Å²) in [6.07, 6.45) is 2.66. The zero-order valence-corrected chi connectivity index (χ0v) is 17.8. The summed E-state index contributed by atoms with van der Waals surface area (Å²) in [5, 5.41) is 9.73. The number of aliphatic hydroxyl groups is 1. The fourth-order valence-corrected chi connectivity index (χ4v) is 5.00. The van der Waals surface area contributed by atoms with E-state index in [4.69, 9.17) is 4.74 Å². The molecule has 0 aromatic heterocycles. The molecule has 30 heavy (non-hydrogen) atoms. The summed E-state index contributed by atoms with van der Waals surface area (Å²) in [5.41, 5.74) is 2.25. The smallest absolute Gasteiger partial charge is 0.320 e. The minimum atomic E-state index is 0.0777. The molecular weight excluding hydrogens is 378 g/mol. The number of anilines is 1.